The van der Waals surface area contributed by atoms with Gasteiger partial charge in [-0.3, -0.25) is 0 Å². The van der Waals surface area contributed by atoms with E-state index in [0.717, 1.165) is 31.7 Å². The summed E-state index contributed by atoms with van der Waals surface area (Å²) in [5.74, 6) is 1.85. The van der Waals surface area contributed by atoms with E-state index in [2.05, 4.69) is 5.32 Å². The van der Waals surface area contributed by atoms with Gasteiger partial charge in [0.1, 0.15) is 12.4 Å². The summed E-state index contributed by atoms with van der Waals surface area (Å²) < 4.78 is 11.5. The van der Waals surface area contributed by atoms with Gasteiger partial charge in [0, 0.05) is 29.9 Å². The van der Waals surface area contributed by atoms with Crippen LogP contribution < -0.4 is 10.1 Å². The molecule has 1 N–H and O–H groups in total. The molecule has 23 heavy (non-hydrogen) atoms. The lowest BCUT2D eigenvalue weighted by Gasteiger charge is -2.19. The number of halogens is 1. The maximum atomic E-state index is 12.3. The number of hydrogen-bond donors (Lipinski definition) is 1. The standard InChI is InChI=1S/C17H21ClN2O3/c18-11-1-3-12(4-2-11)22-8-7-19-17(21)20-9-13-14(10-20)16-6-5-15(13)23-16/h1-4,13-16H,5-10H2,(H,19,21). The molecule has 1 aromatic carbocycles. The van der Waals surface area contributed by atoms with E-state index >= 15 is 0 Å². The van der Waals surface area contributed by atoms with Gasteiger partial charge in [0.15, 0.2) is 0 Å². The van der Waals surface area contributed by atoms with Crippen LogP contribution in [-0.4, -0.2) is 49.4 Å². The summed E-state index contributed by atoms with van der Waals surface area (Å²) in [7, 11) is 0. The van der Waals surface area contributed by atoms with E-state index in [-0.39, 0.29) is 6.03 Å². The molecule has 3 aliphatic heterocycles. The fraction of sp³-hybridized carbons (Fsp3) is 0.588. The number of rotatable bonds is 4. The van der Waals surface area contributed by atoms with Crippen molar-refractivity contribution in [1.29, 1.82) is 0 Å². The highest BCUT2D eigenvalue weighted by atomic mass is 35.5. The third kappa shape index (κ3) is 3.00. The Morgan fingerprint density at radius 1 is 1.22 bits per heavy atom. The lowest BCUT2D eigenvalue weighted by Crippen LogP contribution is -2.41. The Balaban J connectivity index is 1.20. The number of nitrogens with zero attached hydrogens (tertiary/aromatic N) is 1. The second-order valence-electron chi connectivity index (χ2n) is 6.56. The molecule has 4 rings (SSSR count). The van der Waals surface area contributed by atoms with E-state index in [9.17, 15) is 4.79 Å². The number of ether oxygens (including phenoxy) is 2. The normalized spacial score (nSPS) is 31.3. The van der Waals surface area contributed by atoms with Gasteiger partial charge in [-0.15, -0.1) is 0 Å². The SMILES string of the molecule is O=C(NCCOc1ccc(Cl)cc1)N1CC2C3CCC(O3)C2C1. The van der Waals surface area contributed by atoms with E-state index in [1.807, 2.05) is 17.0 Å². The Morgan fingerprint density at radius 2 is 1.87 bits per heavy atom. The van der Waals surface area contributed by atoms with Crippen molar-refractivity contribution in [3.05, 3.63) is 29.3 Å². The Hall–Kier alpha value is -1.46. The maximum absolute atomic E-state index is 12.3. The largest absolute Gasteiger partial charge is 0.492 e. The first-order valence-corrected chi connectivity index (χ1v) is 8.65. The molecule has 0 aromatic heterocycles. The molecule has 0 spiro atoms. The molecule has 1 aromatic rings. The minimum atomic E-state index is 0.0125. The van der Waals surface area contributed by atoms with E-state index < -0.39 is 0 Å². The van der Waals surface area contributed by atoms with Crippen LogP contribution in [0, 0.1) is 11.8 Å². The highest BCUT2D eigenvalue weighted by Crippen LogP contribution is 2.47. The molecular formula is C17H21ClN2O3. The number of carbonyl (C=O) groups excluding carboxylic acids is 1. The molecule has 3 saturated heterocycles. The average Bonchev–Trinajstić information content (AvgIpc) is 3.25. The summed E-state index contributed by atoms with van der Waals surface area (Å²) in [6, 6.07) is 7.23. The Morgan fingerprint density at radius 3 is 2.52 bits per heavy atom. The molecule has 2 bridgehead atoms. The van der Waals surface area contributed by atoms with Gasteiger partial charge in [-0.2, -0.15) is 0 Å². The van der Waals surface area contributed by atoms with Crippen LogP contribution in [0.15, 0.2) is 24.3 Å². The first-order valence-electron chi connectivity index (χ1n) is 8.27. The maximum Gasteiger partial charge on any atom is 0.317 e. The number of benzene rings is 1. The van der Waals surface area contributed by atoms with E-state index in [0.29, 0.717) is 42.2 Å². The minimum Gasteiger partial charge on any atom is -0.492 e. The summed E-state index contributed by atoms with van der Waals surface area (Å²) >= 11 is 5.83. The predicted octanol–water partition coefficient (Wildman–Crippen LogP) is 2.54. The summed E-state index contributed by atoms with van der Waals surface area (Å²) in [6.07, 6.45) is 3.10. The summed E-state index contributed by atoms with van der Waals surface area (Å²) in [5.41, 5.74) is 0. The van der Waals surface area contributed by atoms with Gasteiger partial charge in [0.2, 0.25) is 0 Å². The van der Waals surface area contributed by atoms with Gasteiger partial charge in [-0.05, 0) is 37.1 Å². The van der Waals surface area contributed by atoms with Crippen LogP contribution in [-0.2, 0) is 4.74 Å². The number of nitrogens with one attached hydrogen (secondary N) is 1. The van der Waals surface area contributed by atoms with Gasteiger partial charge < -0.3 is 19.7 Å². The Labute approximate surface area is 140 Å². The summed E-state index contributed by atoms with van der Waals surface area (Å²) in [5, 5.41) is 3.62. The van der Waals surface area contributed by atoms with Gasteiger partial charge in [-0.1, -0.05) is 11.6 Å². The van der Waals surface area contributed by atoms with E-state index in [1.165, 1.54) is 0 Å². The van der Waals surface area contributed by atoms with Gasteiger partial charge >= 0.3 is 6.03 Å². The molecule has 4 atom stereocenters. The molecular weight excluding hydrogens is 316 g/mol. The van der Waals surface area contributed by atoms with E-state index in [1.54, 1.807) is 12.1 Å². The fourth-order valence-corrected chi connectivity index (χ4v) is 4.22. The van der Waals surface area contributed by atoms with Crippen molar-refractivity contribution in [3.63, 3.8) is 0 Å². The third-order valence-corrected chi connectivity index (χ3v) is 5.45. The van der Waals surface area contributed by atoms with Gasteiger partial charge in [-0.25, -0.2) is 4.79 Å². The van der Waals surface area contributed by atoms with E-state index in [4.69, 9.17) is 21.1 Å². The topological polar surface area (TPSA) is 50.8 Å². The third-order valence-electron chi connectivity index (χ3n) is 5.20. The highest BCUT2D eigenvalue weighted by molar-refractivity contribution is 6.30. The van der Waals surface area contributed by atoms with Gasteiger partial charge in [0.05, 0.1) is 18.8 Å². The van der Waals surface area contributed by atoms with Crippen molar-refractivity contribution >= 4 is 17.6 Å². The van der Waals surface area contributed by atoms with Crippen LogP contribution in [0.25, 0.3) is 0 Å². The fourth-order valence-electron chi connectivity index (χ4n) is 4.10. The molecule has 3 fully saturated rings. The molecule has 0 saturated carbocycles. The molecule has 124 valence electrons. The first-order chi connectivity index (χ1) is 11.2. The molecule has 6 heteroatoms. The monoisotopic (exact) mass is 336 g/mol. The van der Waals surface area contributed by atoms with Crippen molar-refractivity contribution in [1.82, 2.24) is 10.2 Å². The van der Waals surface area contributed by atoms with Crippen LogP contribution >= 0.6 is 11.6 Å². The van der Waals surface area contributed by atoms with Crippen LogP contribution in [0.5, 0.6) is 5.75 Å². The highest BCUT2D eigenvalue weighted by Gasteiger charge is 2.53. The molecule has 0 radical (unpaired) electrons. The molecule has 3 aliphatic rings. The predicted molar refractivity (Wildman–Crippen MR) is 86.8 cm³/mol. The van der Waals surface area contributed by atoms with Crippen molar-refractivity contribution < 1.29 is 14.3 Å². The van der Waals surface area contributed by atoms with Crippen molar-refractivity contribution in [2.75, 3.05) is 26.2 Å². The summed E-state index contributed by atoms with van der Waals surface area (Å²) in [6.45, 7) is 2.60. The number of amides is 2. The molecule has 3 heterocycles. The second-order valence-corrected chi connectivity index (χ2v) is 6.99. The zero-order chi connectivity index (χ0) is 15.8. The molecule has 4 unspecified atom stereocenters. The molecule has 2 amide bonds. The zero-order valence-electron chi connectivity index (χ0n) is 12.9. The number of carbonyl (C=O) groups is 1. The molecule has 5 nitrogen and oxygen atoms in total. The van der Waals surface area contributed by atoms with Crippen LogP contribution in [0.4, 0.5) is 4.79 Å². The van der Waals surface area contributed by atoms with Crippen LogP contribution in [0.3, 0.4) is 0 Å². The summed E-state index contributed by atoms with van der Waals surface area (Å²) in [4.78, 5) is 14.2. The smallest absolute Gasteiger partial charge is 0.317 e. The number of urea groups is 1. The first kappa shape index (κ1) is 15.1. The second kappa shape index (κ2) is 6.21. The van der Waals surface area contributed by atoms with Crippen molar-refractivity contribution in [2.24, 2.45) is 11.8 Å². The van der Waals surface area contributed by atoms with Gasteiger partial charge in [0.25, 0.3) is 0 Å². The number of fused-ring (bicyclic) bond motifs is 5. The quantitative estimate of drug-likeness (QED) is 0.860. The average molecular weight is 337 g/mol. The Kier molecular flexibility index (Phi) is 4.07. The van der Waals surface area contributed by atoms with Crippen molar-refractivity contribution in [2.45, 2.75) is 25.0 Å². The Bertz CT molecular complexity index is 562. The number of hydrogen-bond acceptors (Lipinski definition) is 3. The van der Waals surface area contributed by atoms with Crippen molar-refractivity contribution in [3.8, 4) is 5.75 Å². The van der Waals surface area contributed by atoms with Crippen LogP contribution in [0.1, 0.15) is 12.8 Å². The molecule has 0 aliphatic carbocycles. The zero-order valence-corrected chi connectivity index (χ0v) is 13.7. The number of likely N-dealkylation sites (tertiary alicyclic amines) is 1. The lowest BCUT2D eigenvalue weighted by atomic mass is 9.82. The minimum absolute atomic E-state index is 0.0125. The lowest BCUT2D eigenvalue weighted by molar-refractivity contribution is 0.0738. The van der Waals surface area contributed by atoms with Crippen LogP contribution in [0.2, 0.25) is 5.02 Å².